The van der Waals surface area contributed by atoms with Crippen LogP contribution in [0.25, 0.3) is 0 Å². The van der Waals surface area contributed by atoms with E-state index in [1.807, 2.05) is 12.1 Å². The monoisotopic (exact) mass is 329 g/mol. The van der Waals surface area contributed by atoms with Crippen LogP contribution in [0.15, 0.2) is 29.5 Å². The molecule has 7 nitrogen and oxygen atoms in total. The van der Waals surface area contributed by atoms with Crippen molar-refractivity contribution in [2.45, 2.75) is 52.2 Å². The third-order valence-corrected chi connectivity index (χ3v) is 4.24. The highest BCUT2D eigenvalue weighted by Gasteiger charge is 2.14. The molecule has 130 valence electrons. The maximum absolute atomic E-state index is 4.68. The molecule has 0 unspecified atom stereocenters. The highest BCUT2D eigenvalue weighted by molar-refractivity contribution is 5.79. The Balaban J connectivity index is 1.58. The number of aliphatic imine (C=N–C) groups is 1. The summed E-state index contributed by atoms with van der Waals surface area (Å²) in [6, 6.07) is 4.08. The van der Waals surface area contributed by atoms with E-state index in [0.717, 1.165) is 50.2 Å². The Labute approximate surface area is 143 Å². The number of nitrogens with one attached hydrogen (secondary N) is 2. The first-order valence-electron chi connectivity index (χ1n) is 8.90. The zero-order chi connectivity index (χ0) is 16.6. The van der Waals surface area contributed by atoms with Crippen molar-refractivity contribution in [1.82, 2.24) is 30.0 Å². The van der Waals surface area contributed by atoms with Gasteiger partial charge >= 0.3 is 0 Å². The lowest BCUT2D eigenvalue weighted by molar-refractivity contribution is 0.605. The summed E-state index contributed by atoms with van der Waals surface area (Å²) >= 11 is 0. The fraction of sp³-hybridized carbons (Fsp3) is 0.588. The van der Waals surface area contributed by atoms with Gasteiger partial charge in [0.15, 0.2) is 11.8 Å². The Kier molecular flexibility index (Phi) is 5.87. The van der Waals surface area contributed by atoms with Gasteiger partial charge in [-0.1, -0.05) is 6.42 Å². The first-order chi connectivity index (χ1) is 11.9. The molecule has 0 fully saturated rings. The van der Waals surface area contributed by atoms with Crippen LogP contribution in [0.3, 0.4) is 0 Å². The molecule has 0 saturated carbocycles. The van der Waals surface area contributed by atoms with Crippen molar-refractivity contribution in [2.24, 2.45) is 4.99 Å². The predicted molar refractivity (Wildman–Crippen MR) is 94.8 cm³/mol. The van der Waals surface area contributed by atoms with E-state index in [1.54, 1.807) is 0 Å². The van der Waals surface area contributed by atoms with E-state index in [0.29, 0.717) is 6.54 Å². The van der Waals surface area contributed by atoms with Crippen LogP contribution < -0.4 is 10.6 Å². The number of aromatic nitrogens is 4. The number of hydrogen-bond donors (Lipinski definition) is 2. The summed E-state index contributed by atoms with van der Waals surface area (Å²) < 4.78 is 4.40. The zero-order valence-electron chi connectivity index (χ0n) is 14.4. The van der Waals surface area contributed by atoms with Gasteiger partial charge in [-0.25, -0.2) is 4.99 Å². The van der Waals surface area contributed by atoms with Crippen LogP contribution in [0.5, 0.6) is 0 Å². The second-order valence-electron chi connectivity index (χ2n) is 6.04. The molecule has 0 radical (unpaired) electrons. The van der Waals surface area contributed by atoms with Gasteiger partial charge in [0.25, 0.3) is 0 Å². The lowest BCUT2D eigenvalue weighted by Crippen LogP contribution is -2.38. The highest BCUT2D eigenvalue weighted by atomic mass is 15.3. The largest absolute Gasteiger partial charge is 0.357 e. The summed E-state index contributed by atoms with van der Waals surface area (Å²) in [4.78, 5) is 4.68. The van der Waals surface area contributed by atoms with Gasteiger partial charge < -0.3 is 19.8 Å². The Bertz CT molecular complexity index is 642. The van der Waals surface area contributed by atoms with Crippen molar-refractivity contribution in [2.75, 3.05) is 13.1 Å². The molecule has 3 rings (SSSR count). The van der Waals surface area contributed by atoms with Gasteiger partial charge in [0, 0.05) is 45.0 Å². The summed E-state index contributed by atoms with van der Waals surface area (Å²) in [5.74, 6) is 2.91. The molecule has 0 aliphatic carbocycles. The Morgan fingerprint density at radius 2 is 2.04 bits per heavy atom. The molecule has 2 aromatic rings. The van der Waals surface area contributed by atoms with E-state index < -0.39 is 0 Å². The minimum Gasteiger partial charge on any atom is -0.357 e. The third kappa shape index (κ3) is 4.37. The molecular weight excluding hydrogens is 302 g/mol. The van der Waals surface area contributed by atoms with Gasteiger partial charge in [0.1, 0.15) is 12.4 Å². The molecule has 2 N–H and O–H groups in total. The molecule has 0 aromatic carbocycles. The molecule has 0 saturated heterocycles. The first-order valence-corrected chi connectivity index (χ1v) is 8.90. The average Bonchev–Trinajstić information content (AvgIpc) is 3.17. The predicted octanol–water partition coefficient (Wildman–Crippen LogP) is 1.56. The Morgan fingerprint density at radius 1 is 1.17 bits per heavy atom. The fourth-order valence-electron chi connectivity index (χ4n) is 2.98. The van der Waals surface area contributed by atoms with Crippen molar-refractivity contribution < 1.29 is 0 Å². The number of rotatable bonds is 6. The molecule has 1 aliphatic heterocycles. The molecule has 0 bridgehead atoms. The molecule has 0 atom stereocenters. The summed E-state index contributed by atoms with van der Waals surface area (Å²) in [6.45, 7) is 6.24. The summed E-state index contributed by atoms with van der Waals surface area (Å²) in [7, 11) is 0. The molecule has 7 heteroatoms. The second kappa shape index (κ2) is 8.52. The summed E-state index contributed by atoms with van der Waals surface area (Å²) in [6.07, 6.45) is 8.86. The van der Waals surface area contributed by atoms with E-state index in [2.05, 4.69) is 54.3 Å². The lowest BCUT2D eigenvalue weighted by atomic mass is 10.2. The average molecular weight is 329 g/mol. The number of aryl methyl sites for hydroxylation is 1. The van der Waals surface area contributed by atoms with Crippen LogP contribution in [0, 0.1) is 0 Å². The number of fused-ring (bicyclic) bond motifs is 1. The standard InChI is InChI=1S/C17H27N7/c1-2-18-17(19-9-13-23-10-6-7-11-23)20-14-16-22-21-15-8-4-3-5-12-24(15)16/h6-7,10-11H,2-5,8-9,12-14H2,1H3,(H2,18,19,20). The van der Waals surface area contributed by atoms with Gasteiger partial charge in [-0.2, -0.15) is 0 Å². The van der Waals surface area contributed by atoms with Gasteiger partial charge in [-0.05, 0) is 31.9 Å². The molecule has 3 heterocycles. The SMILES string of the molecule is CCNC(=NCc1nnc2n1CCCCC2)NCCn1cccc1. The van der Waals surface area contributed by atoms with Gasteiger partial charge in [0.2, 0.25) is 0 Å². The topological polar surface area (TPSA) is 72.1 Å². The smallest absolute Gasteiger partial charge is 0.191 e. The third-order valence-electron chi connectivity index (χ3n) is 4.24. The maximum atomic E-state index is 4.68. The van der Waals surface area contributed by atoms with Crippen molar-refractivity contribution in [3.63, 3.8) is 0 Å². The molecule has 1 aliphatic rings. The van der Waals surface area contributed by atoms with E-state index in [-0.39, 0.29) is 0 Å². The highest BCUT2D eigenvalue weighted by Crippen LogP contribution is 2.14. The minimum atomic E-state index is 0.561. The number of nitrogens with zero attached hydrogens (tertiary/aromatic N) is 5. The van der Waals surface area contributed by atoms with Gasteiger partial charge in [-0.15, -0.1) is 10.2 Å². The Hall–Kier alpha value is -2.31. The Morgan fingerprint density at radius 3 is 2.88 bits per heavy atom. The quantitative estimate of drug-likeness (QED) is 0.623. The van der Waals surface area contributed by atoms with E-state index >= 15 is 0 Å². The molecule has 2 aromatic heterocycles. The van der Waals surface area contributed by atoms with Crippen LogP contribution in [0.4, 0.5) is 0 Å². The fourth-order valence-corrected chi connectivity index (χ4v) is 2.98. The van der Waals surface area contributed by atoms with Crippen molar-refractivity contribution in [3.05, 3.63) is 36.2 Å². The zero-order valence-corrected chi connectivity index (χ0v) is 14.4. The first kappa shape index (κ1) is 16.5. The van der Waals surface area contributed by atoms with Crippen molar-refractivity contribution in [3.8, 4) is 0 Å². The van der Waals surface area contributed by atoms with Gasteiger partial charge in [0.05, 0.1) is 0 Å². The van der Waals surface area contributed by atoms with E-state index in [9.17, 15) is 0 Å². The summed E-state index contributed by atoms with van der Waals surface area (Å²) in [5.41, 5.74) is 0. The lowest BCUT2D eigenvalue weighted by Gasteiger charge is -2.12. The molecule has 0 spiro atoms. The van der Waals surface area contributed by atoms with Crippen LogP contribution in [-0.2, 0) is 26.1 Å². The molecule has 24 heavy (non-hydrogen) atoms. The van der Waals surface area contributed by atoms with Gasteiger partial charge in [-0.3, -0.25) is 0 Å². The summed E-state index contributed by atoms with van der Waals surface area (Å²) in [5, 5.41) is 15.3. The van der Waals surface area contributed by atoms with E-state index in [4.69, 9.17) is 0 Å². The molecule has 0 amide bonds. The van der Waals surface area contributed by atoms with Crippen LogP contribution in [-0.4, -0.2) is 38.4 Å². The number of hydrogen-bond acceptors (Lipinski definition) is 3. The maximum Gasteiger partial charge on any atom is 0.191 e. The molecular formula is C17H27N7. The normalized spacial score (nSPS) is 15.0. The minimum absolute atomic E-state index is 0.561. The van der Waals surface area contributed by atoms with Crippen molar-refractivity contribution >= 4 is 5.96 Å². The van der Waals surface area contributed by atoms with Crippen LogP contribution >= 0.6 is 0 Å². The number of guanidine groups is 1. The second-order valence-corrected chi connectivity index (χ2v) is 6.04. The van der Waals surface area contributed by atoms with E-state index in [1.165, 1.54) is 19.3 Å². The van der Waals surface area contributed by atoms with Crippen molar-refractivity contribution in [1.29, 1.82) is 0 Å². The van der Waals surface area contributed by atoms with Crippen LogP contribution in [0.2, 0.25) is 0 Å². The van der Waals surface area contributed by atoms with Crippen LogP contribution in [0.1, 0.15) is 37.8 Å².